The number of sulfonamides is 1. The Kier molecular flexibility index (Phi) is 4.40. The number of ether oxygens (including phenoxy) is 1. The van der Waals surface area contributed by atoms with Gasteiger partial charge in [-0.1, -0.05) is 11.6 Å². The molecule has 2 aromatic rings. The number of hydrogen-bond donors (Lipinski definition) is 2. The van der Waals surface area contributed by atoms with Crippen LogP contribution < -0.4 is 15.2 Å². The quantitative estimate of drug-likeness (QED) is 0.498. The Balaban J connectivity index is 2.45. The van der Waals surface area contributed by atoms with Crippen molar-refractivity contribution in [3.05, 3.63) is 34.7 Å². The fourth-order valence-corrected chi connectivity index (χ4v) is 3.14. The van der Waals surface area contributed by atoms with Crippen LogP contribution in [-0.4, -0.2) is 25.5 Å². The van der Waals surface area contributed by atoms with Crippen LogP contribution in [0, 0.1) is 0 Å². The van der Waals surface area contributed by atoms with Gasteiger partial charge in [0.1, 0.15) is 21.6 Å². The number of anilines is 2. The molecule has 0 aliphatic rings. The molecule has 0 atom stereocenters. The maximum atomic E-state index is 12.4. The summed E-state index contributed by atoms with van der Waals surface area (Å²) in [5.74, 6) is 0.0763. The molecule has 1 aromatic heterocycles. The highest BCUT2D eigenvalue weighted by Gasteiger charge is 2.21. The first-order valence-electron chi connectivity index (χ1n) is 5.48. The zero-order chi connectivity index (χ0) is 15.6. The molecule has 7 nitrogen and oxygen atoms in total. The van der Waals surface area contributed by atoms with Crippen molar-refractivity contribution in [3.63, 3.8) is 0 Å². The van der Waals surface area contributed by atoms with Crippen LogP contribution in [0.1, 0.15) is 0 Å². The predicted octanol–water partition coefficient (Wildman–Crippen LogP) is 2.17. The summed E-state index contributed by atoms with van der Waals surface area (Å²) in [6.45, 7) is 0. The van der Waals surface area contributed by atoms with Gasteiger partial charge in [0.15, 0.2) is 0 Å². The number of rotatable bonds is 4. The molecule has 0 saturated carbocycles. The van der Waals surface area contributed by atoms with E-state index in [2.05, 4.69) is 14.7 Å². The smallest absolute Gasteiger partial charge is 0.266 e. The van der Waals surface area contributed by atoms with Crippen molar-refractivity contribution in [1.82, 2.24) is 9.97 Å². The van der Waals surface area contributed by atoms with Gasteiger partial charge >= 0.3 is 0 Å². The van der Waals surface area contributed by atoms with Crippen molar-refractivity contribution < 1.29 is 13.2 Å². The van der Waals surface area contributed by atoms with Gasteiger partial charge in [-0.15, -0.1) is 0 Å². The lowest BCUT2D eigenvalue weighted by molar-refractivity contribution is 0.403. The van der Waals surface area contributed by atoms with Crippen LogP contribution in [-0.2, 0) is 10.0 Å². The molecule has 0 fully saturated rings. The van der Waals surface area contributed by atoms with Gasteiger partial charge in [0.2, 0.25) is 5.28 Å². The Morgan fingerprint density at radius 2 is 1.95 bits per heavy atom. The molecule has 112 valence electrons. The molecule has 0 amide bonds. The molecule has 0 bridgehead atoms. The molecule has 0 aliphatic heterocycles. The molecule has 2 rings (SSSR count). The van der Waals surface area contributed by atoms with Gasteiger partial charge in [-0.3, -0.25) is 4.72 Å². The van der Waals surface area contributed by atoms with Gasteiger partial charge in [-0.25, -0.2) is 13.4 Å². The molecule has 10 heteroatoms. The summed E-state index contributed by atoms with van der Waals surface area (Å²) in [5, 5.41) is -0.174. The van der Waals surface area contributed by atoms with E-state index in [-0.39, 0.29) is 32.6 Å². The number of benzene rings is 1. The van der Waals surface area contributed by atoms with Crippen molar-refractivity contribution in [2.24, 2.45) is 0 Å². The molecule has 0 spiro atoms. The lowest BCUT2D eigenvalue weighted by Crippen LogP contribution is -2.15. The fraction of sp³-hybridized carbons (Fsp3) is 0.0909. The molecule has 21 heavy (non-hydrogen) atoms. The number of methoxy groups -OCH3 is 1. The average molecular weight is 349 g/mol. The number of hydrogen-bond acceptors (Lipinski definition) is 6. The lowest BCUT2D eigenvalue weighted by atomic mass is 10.3. The van der Waals surface area contributed by atoms with Crippen molar-refractivity contribution in [2.75, 3.05) is 17.6 Å². The van der Waals surface area contributed by atoms with Crippen LogP contribution in [0.25, 0.3) is 0 Å². The van der Waals surface area contributed by atoms with Crippen molar-refractivity contribution >= 4 is 44.7 Å². The molecular weight excluding hydrogens is 339 g/mol. The van der Waals surface area contributed by atoms with E-state index in [1.807, 2.05) is 0 Å². The number of nitrogen functional groups attached to an aromatic ring is 1. The highest BCUT2D eigenvalue weighted by molar-refractivity contribution is 7.92. The molecule has 0 radical (unpaired) electrons. The van der Waals surface area contributed by atoms with Crippen molar-refractivity contribution in [2.45, 2.75) is 4.90 Å². The van der Waals surface area contributed by atoms with Gasteiger partial charge in [0.25, 0.3) is 10.0 Å². The number of aromatic nitrogens is 2. The molecule has 0 saturated heterocycles. The second kappa shape index (κ2) is 5.92. The van der Waals surface area contributed by atoms with E-state index in [1.165, 1.54) is 31.4 Å². The molecular formula is C11H10Cl2N4O3S. The largest absolute Gasteiger partial charge is 0.495 e. The number of nitrogens with zero attached hydrogens (tertiary/aromatic N) is 2. The normalized spacial score (nSPS) is 11.2. The van der Waals surface area contributed by atoms with E-state index in [9.17, 15) is 8.42 Å². The molecule has 1 aromatic carbocycles. The highest BCUT2D eigenvalue weighted by Crippen LogP contribution is 2.28. The minimum atomic E-state index is -3.97. The summed E-state index contributed by atoms with van der Waals surface area (Å²) in [6.07, 6.45) is 0. The maximum absolute atomic E-state index is 12.4. The van der Waals surface area contributed by atoms with Crippen molar-refractivity contribution in [3.8, 4) is 5.75 Å². The van der Waals surface area contributed by atoms with Gasteiger partial charge in [-0.05, 0) is 29.8 Å². The van der Waals surface area contributed by atoms with E-state index < -0.39 is 10.0 Å². The van der Waals surface area contributed by atoms with Crippen LogP contribution in [0.5, 0.6) is 5.75 Å². The highest BCUT2D eigenvalue weighted by atomic mass is 35.5. The summed E-state index contributed by atoms with van der Waals surface area (Å²) >= 11 is 11.3. The zero-order valence-corrected chi connectivity index (χ0v) is 13.0. The Labute approximate surface area is 131 Å². The van der Waals surface area contributed by atoms with E-state index in [4.69, 9.17) is 33.7 Å². The van der Waals surface area contributed by atoms with Crippen LogP contribution >= 0.6 is 23.2 Å². The SMILES string of the molecule is COc1ccc(N)cc1S(=O)(=O)Nc1cc(Cl)nc(Cl)n1. The second-order valence-corrected chi connectivity index (χ2v) is 6.24. The third kappa shape index (κ3) is 3.66. The summed E-state index contributed by atoms with van der Waals surface area (Å²) in [4.78, 5) is 7.23. The Morgan fingerprint density at radius 3 is 2.57 bits per heavy atom. The predicted molar refractivity (Wildman–Crippen MR) is 80.3 cm³/mol. The van der Waals surface area contributed by atoms with Crippen LogP contribution in [0.4, 0.5) is 11.5 Å². The second-order valence-electron chi connectivity index (χ2n) is 3.86. The van der Waals surface area contributed by atoms with E-state index >= 15 is 0 Å². The van der Waals surface area contributed by atoms with Crippen LogP contribution in [0.15, 0.2) is 29.2 Å². The molecule has 0 unspecified atom stereocenters. The molecule has 3 N–H and O–H groups in total. The van der Waals surface area contributed by atoms with E-state index in [1.54, 1.807) is 0 Å². The minimum Gasteiger partial charge on any atom is -0.495 e. The first-order valence-corrected chi connectivity index (χ1v) is 7.72. The third-order valence-electron chi connectivity index (χ3n) is 2.38. The van der Waals surface area contributed by atoms with Gasteiger partial charge in [0, 0.05) is 11.8 Å². The molecule has 1 heterocycles. The topological polar surface area (TPSA) is 107 Å². The van der Waals surface area contributed by atoms with Gasteiger partial charge in [0.05, 0.1) is 7.11 Å². The van der Waals surface area contributed by atoms with Gasteiger partial charge in [-0.2, -0.15) is 4.98 Å². The maximum Gasteiger partial charge on any atom is 0.266 e. The number of nitrogens with one attached hydrogen (secondary N) is 1. The minimum absolute atomic E-state index is 0.00670. The summed E-state index contributed by atoms with van der Waals surface area (Å²) in [7, 11) is -2.62. The first kappa shape index (κ1) is 15.6. The lowest BCUT2D eigenvalue weighted by Gasteiger charge is -2.11. The standard InChI is InChI=1S/C11H10Cl2N4O3S/c1-20-7-3-2-6(14)4-8(7)21(18,19)17-10-5-9(12)15-11(13)16-10/h2-5H,14H2,1H3,(H,15,16,17). The van der Waals surface area contributed by atoms with E-state index in [0.29, 0.717) is 0 Å². The monoisotopic (exact) mass is 348 g/mol. The Morgan fingerprint density at radius 1 is 1.24 bits per heavy atom. The molecule has 0 aliphatic carbocycles. The Hall–Kier alpha value is -1.77. The fourth-order valence-electron chi connectivity index (χ4n) is 1.54. The summed E-state index contributed by atoms with van der Waals surface area (Å²) in [5.41, 5.74) is 5.88. The Bertz CT molecular complexity index is 763. The summed E-state index contributed by atoms with van der Waals surface area (Å²) < 4.78 is 32.0. The first-order chi connectivity index (χ1) is 9.81. The van der Waals surface area contributed by atoms with E-state index in [0.717, 1.165) is 0 Å². The third-order valence-corrected chi connectivity index (χ3v) is 4.12. The number of nitrogens with two attached hydrogens (primary N) is 1. The van der Waals surface area contributed by atoms with Gasteiger partial charge < -0.3 is 10.5 Å². The van der Waals surface area contributed by atoms with Crippen LogP contribution in [0.3, 0.4) is 0 Å². The zero-order valence-electron chi connectivity index (χ0n) is 10.7. The van der Waals surface area contributed by atoms with Crippen LogP contribution in [0.2, 0.25) is 10.4 Å². The number of halogens is 2. The summed E-state index contributed by atoms with van der Waals surface area (Å²) in [6, 6.07) is 5.47. The van der Waals surface area contributed by atoms with Crippen molar-refractivity contribution in [1.29, 1.82) is 0 Å². The average Bonchev–Trinajstić information content (AvgIpc) is 2.36.